The van der Waals surface area contributed by atoms with Gasteiger partial charge in [0, 0.05) is 12.1 Å². The van der Waals surface area contributed by atoms with Crippen molar-refractivity contribution in [2.75, 3.05) is 0 Å². The SMILES string of the molecule is CCC(C)Oc1ccc(C(=O)NC(=S)NCc2ccc(OC(C)C)cc2)cc1. The van der Waals surface area contributed by atoms with E-state index >= 15 is 0 Å². The van der Waals surface area contributed by atoms with E-state index in [-0.39, 0.29) is 23.2 Å². The predicted octanol–water partition coefficient (Wildman–Crippen LogP) is 4.46. The predicted molar refractivity (Wildman–Crippen MR) is 116 cm³/mol. The van der Waals surface area contributed by atoms with Crippen molar-refractivity contribution in [1.29, 1.82) is 0 Å². The molecule has 0 heterocycles. The van der Waals surface area contributed by atoms with Gasteiger partial charge >= 0.3 is 0 Å². The Morgan fingerprint density at radius 2 is 1.54 bits per heavy atom. The fourth-order valence-electron chi connectivity index (χ4n) is 2.36. The normalized spacial score (nSPS) is 11.6. The molecule has 1 atom stereocenters. The summed E-state index contributed by atoms with van der Waals surface area (Å²) in [5.41, 5.74) is 1.56. The topological polar surface area (TPSA) is 59.6 Å². The number of carbonyl (C=O) groups is 1. The Hall–Kier alpha value is -2.60. The lowest BCUT2D eigenvalue weighted by Gasteiger charge is -2.13. The number of benzene rings is 2. The smallest absolute Gasteiger partial charge is 0.257 e. The molecule has 150 valence electrons. The third kappa shape index (κ3) is 7.19. The molecule has 2 rings (SSSR count). The summed E-state index contributed by atoms with van der Waals surface area (Å²) < 4.78 is 11.3. The molecule has 0 bridgehead atoms. The van der Waals surface area contributed by atoms with E-state index in [1.165, 1.54) is 0 Å². The highest BCUT2D eigenvalue weighted by Crippen LogP contribution is 2.15. The summed E-state index contributed by atoms with van der Waals surface area (Å²) in [6.07, 6.45) is 1.21. The summed E-state index contributed by atoms with van der Waals surface area (Å²) in [5, 5.41) is 6.01. The van der Waals surface area contributed by atoms with Crippen LogP contribution in [0.25, 0.3) is 0 Å². The van der Waals surface area contributed by atoms with Gasteiger partial charge in [-0.05, 0) is 81.4 Å². The van der Waals surface area contributed by atoms with Crippen molar-refractivity contribution in [2.24, 2.45) is 0 Å². The van der Waals surface area contributed by atoms with Crippen LogP contribution >= 0.6 is 12.2 Å². The first-order chi connectivity index (χ1) is 13.4. The minimum absolute atomic E-state index is 0.141. The largest absolute Gasteiger partial charge is 0.491 e. The molecule has 0 saturated carbocycles. The summed E-state index contributed by atoms with van der Waals surface area (Å²) >= 11 is 5.22. The lowest BCUT2D eigenvalue weighted by atomic mass is 10.2. The molecule has 6 heteroatoms. The maximum absolute atomic E-state index is 12.3. The van der Waals surface area contributed by atoms with Crippen molar-refractivity contribution >= 4 is 23.2 Å². The minimum atomic E-state index is -0.256. The number of ether oxygens (including phenoxy) is 2. The molecule has 0 saturated heterocycles. The van der Waals surface area contributed by atoms with Gasteiger partial charge in [0.2, 0.25) is 0 Å². The monoisotopic (exact) mass is 400 g/mol. The van der Waals surface area contributed by atoms with Crippen LogP contribution in [0, 0.1) is 0 Å². The Kier molecular flexibility index (Phi) is 8.26. The molecule has 0 aliphatic carbocycles. The van der Waals surface area contributed by atoms with Gasteiger partial charge in [0.15, 0.2) is 5.11 Å². The second kappa shape index (κ2) is 10.7. The van der Waals surface area contributed by atoms with Crippen molar-refractivity contribution in [3.05, 3.63) is 59.7 Å². The molecule has 2 N–H and O–H groups in total. The van der Waals surface area contributed by atoms with Crippen molar-refractivity contribution < 1.29 is 14.3 Å². The first-order valence-corrected chi connectivity index (χ1v) is 9.89. The van der Waals surface area contributed by atoms with Crippen LogP contribution in [0.1, 0.15) is 50.0 Å². The Bertz CT molecular complexity index is 773. The molecule has 1 amide bonds. The lowest BCUT2D eigenvalue weighted by Crippen LogP contribution is -2.38. The van der Waals surface area contributed by atoms with E-state index in [4.69, 9.17) is 21.7 Å². The third-order valence-electron chi connectivity index (χ3n) is 4.00. The maximum Gasteiger partial charge on any atom is 0.257 e. The Balaban J connectivity index is 1.81. The number of hydrogen-bond acceptors (Lipinski definition) is 4. The van der Waals surface area contributed by atoms with Gasteiger partial charge in [0.25, 0.3) is 5.91 Å². The highest BCUT2D eigenvalue weighted by atomic mass is 32.1. The average Bonchev–Trinajstić information content (AvgIpc) is 2.67. The molecule has 0 spiro atoms. The van der Waals surface area contributed by atoms with E-state index in [1.807, 2.05) is 45.0 Å². The van der Waals surface area contributed by atoms with Crippen LogP contribution in [0.3, 0.4) is 0 Å². The molecular formula is C22H28N2O3S. The van der Waals surface area contributed by atoms with Crippen LogP contribution in [0.15, 0.2) is 48.5 Å². The zero-order valence-electron chi connectivity index (χ0n) is 16.8. The van der Waals surface area contributed by atoms with Crippen LogP contribution in [0.2, 0.25) is 0 Å². The molecule has 0 aliphatic rings. The molecule has 1 unspecified atom stereocenters. The Labute approximate surface area is 172 Å². The van der Waals surface area contributed by atoms with Gasteiger partial charge in [-0.15, -0.1) is 0 Å². The van der Waals surface area contributed by atoms with Gasteiger partial charge in [0.1, 0.15) is 11.5 Å². The van der Waals surface area contributed by atoms with Gasteiger partial charge in [0.05, 0.1) is 12.2 Å². The molecule has 0 fully saturated rings. The third-order valence-corrected chi connectivity index (χ3v) is 4.25. The van der Waals surface area contributed by atoms with Crippen molar-refractivity contribution in [3.8, 4) is 11.5 Å². The molecule has 0 aromatic heterocycles. The molecule has 2 aromatic rings. The van der Waals surface area contributed by atoms with Crippen LogP contribution < -0.4 is 20.1 Å². The molecular weight excluding hydrogens is 372 g/mol. The number of nitrogens with one attached hydrogen (secondary N) is 2. The second-order valence-electron chi connectivity index (χ2n) is 6.81. The molecule has 28 heavy (non-hydrogen) atoms. The van der Waals surface area contributed by atoms with Crippen molar-refractivity contribution in [3.63, 3.8) is 0 Å². The highest BCUT2D eigenvalue weighted by molar-refractivity contribution is 7.80. The quantitative estimate of drug-likeness (QED) is 0.641. The van der Waals surface area contributed by atoms with Gasteiger partial charge in [-0.3, -0.25) is 10.1 Å². The average molecular weight is 401 g/mol. The molecule has 5 nitrogen and oxygen atoms in total. The van der Waals surface area contributed by atoms with Crippen LogP contribution in [0.5, 0.6) is 11.5 Å². The van der Waals surface area contributed by atoms with Crippen molar-refractivity contribution in [1.82, 2.24) is 10.6 Å². The van der Waals surface area contributed by atoms with E-state index in [0.717, 1.165) is 23.5 Å². The number of rotatable bonds is 8. The first kappa shape index (κ1) is 21.7. The molecule has 2 aromatic carbocycles. The summed E-state index contributed by atoms with van der Waals surface area (Å²) in [6.45, 7) is 8.57. The maximum atomic E-state index is 12.3. The van der Waals surface area contributed by atoms with E-state index < -0.39 is 0 Å². The fraction of sp³-hybridized carbons (Fsp3) is 0.364. The standard InChI is InChI=1S/C22H28N2O3S/c1-5-16(4)27-20-12-8-18(9-13-20)21(25)24-22(28)23-14-17-6-10-19(11-7-17)26-15(2)3/h6-13,15-16H,5,14H2,1-4H3,(H2,23,24,25,28). The second-order valence-corrected chi connectivity index (χ2v) is 7.22. The zero-order chi connectivity index (χ0) is 20.5. The Morgan fingerprint density at radius 1 is 0.964 bits per heavy atom. The molecule has 0 radical (unpaired) electrons. The van der Waals surface area contributed by atoms with E-state index in [1.54, 1.807) is 24.3 Å². The van der Waals surface area contributed by atoms with E-state index in [9.17, 15) is 4.79 Å². The van der Waals surface area contributed by atoms with Crippen LogP contribution in [-0.2, 0) is 6.54 Å². The lowest BCUT2D eigenvalue weighted by molar-refractivity contribution is 0.0976. The first-order valence-electron chi connectivity index (χ1n) is 9.49. The summed E-state index contributed by atoms with van der Waals surface area (Å²) in [5.74, 6) is 1.32. The van der Waals surface area contributed by atoms with Crippen LogP contribution in [0.4, 0.5) is 0 Å². The Morgan fingerprint density at radius 3 is 2.11 bits per heavy atom. The number of carbonyl (C=O) groups excluding carboxylic acids is 1. The van der Waals surface area contributed by atoms with Gasteiger partial charge in [-0.25, -0.2) is 0 Å². The fourth-order valence-corrected chi connectivity index (χ4v) is 2.53. The highest BCUT2D eigenvalue weighted by Gasteiger charge is 2.09. The minimum Gasteiger partial charge on any atom is -0.491 e. The summed E-state index contributed by atoms with van der Waals surface area (Å²) in [7, 11) is 0. The summed E-state index contributed by atoms with van der Waals surface area (Å²) in [4.78, 5) is 12.3. The number of amides is 1. The molecule has 0 aliphatic heterocycles. The van der Waals surface area contributed by atoms with E-state index in [0.29, 0.717) is 12.1 Å². The van der Waals surface area contributed by atoms with Crippen molar-refractivity contribution in [2.45, 2.75) is 52.9 Å². The van der Waals surface area contributed by atoms with Gasteiger partial charge in [-0.2, -0.15) is 0 Å². The number of hydrogen-bond donors (Lipinski definition) is 2. The van der Waals surface area contributed by atoms with Gasteiger partial charge in [-0.1, -0.05) is 19.1 Å². The van der Waals surface area contributed by atoms with E-state index in [2.05, 4.69) is 17.6 Å². The van der Waals surface area contributed by atoms with Gasteiger partial charge < -0.3 is 14.8 Å². The zero-order valence-corrected chi connectivity index (χ0v) is 17.6. The number of thiocarbonyl (C=S) groups is 1. The van der Waals surface area contributed by atoms with Crippen LogP contribution in [-0.4, -0.2) is 23.2 Å². The summed E-state index contributed by atoms with van der Waals surface area (Å²) in [6, 6.07) is 14.8.